The zero-order chi connectivity index (χ0) is 26.3. The molecule has 1 unspecified atom stereocenters. The SMILES string of the molecule is Cc1cc(C)c(C(=O)P(=O)(C(=O)c2c(C)cc(C)cc2C)C(C)S(=O)(=O)c2ccccc2)c(C)c1. The molecule has 5 nitrogen and oxygen atoms in total. The Hall–Kier alpha value is -2.82. The second-order valence-electron chi connectivity index (χ2n) is 9.27. The summed E-state index contributed by atoms with van der Waals surface area (Å²) >= 11 is 0. The number of carbonyl (C=O) groups excluding carboxylic acids is 2. The van der Waals surface area contributed by atoms with E-state index in [1.54, 1.807) is 70.2 Å². The van der Waals surface area contributed by atoms with Gasteiger partial charge < -0.3 is 4.57 Å². The smallest absolute Gasteiger partial charge is 0.238 e. The van der Waals surface area contributed by atoms with E-state index in [4.69, 9.17) is 0 Å². The zero-order valence-corrected chi connectivity index (χ0v) is 22.9. The van der Waals surface area contributed by atoms with Crippen LogP contribution in [0.2, 0.25) is 0 Å². The van der Waals surface area contributed by atoms with Gasteiger partial charge in [-0.05, 0) is 82.9 Å². The lowest BCUT2D eigenvalue weighted by Crippen LogP contribution is -2.28. The summed E-state index contributed by atoms with van der Waals surface area (Å²) in [4.78, 5) is 26.4. The van der Waals surface area contributed by atoms with Crippen molar-refractivity contribution < 1.29 is 22.6 Å². The van der Waals surface area contributed by atoms with Gasteiger partial charge in [0.05, 0.1) is 4.90 Å². The molecule has 0 radical (unpaired) electrons. The Bertz CT molecular complexity index is 1370. The molecule has 0 spiro atoms. The number of carbonyl (C=O) groups is 2. The van der Waals surface area contributed by atoms with Crippen molar-refractivity contribution in [2.75, 3.05) is 0 Å². The molecule has 0 aliphatic rings. The van der Waals surface area contributed by atoms with E-state index in [2.05, 4.69) is 0 Å². The van der Waals surface area contributed by atoms with Crippen molar-refractivity contribution in [3.63, 3.8) is 0 Å². The Balaban J connectivity index is 2.35. The molecular formula is C28H31O5PS. The van der Waals surface area contributed by atoms with Gasteiger partial charge in [-0.2, -0.15) is 0 Å². The molecule has 0 heterocycles. The Morgan fingerprint density at radius 2 is 1.03 bits per heavy atom. The fourth-order valence-electron chi connectivity index (χ4n) is 4.79. The summed E-state index contributed by atoms with van der Waals surface area (Å²) < 4.78 is 42.1. The molecule has 0 N–H and O–H groups in total. The van der Waals surface area contributed by atoms with Crippen LogP contribution in [0.15, 0.2) is 59.5 Å². The topological polar surface area (TPSA) is 85.3 Å². The minimum Gasteiger partial charge on any atom is -0.305 e. The van der Waals surface area contributed by atoms with E-state index >= 15 is 0 Å². The van der Waals surface area contributed by atoms with E-state index in [-0.39, 0.29) is 16.0 Å². The first kappa shape index (κ1) is 26.8. The van der Waals surface area contributed by atoms with E-state index in [1.807, 2.05) is 13.8 Å². The average Bonchev–Trinajstić information content (AvgIpc) is 2.77. The normalized spacial score (nSPS) is 12.9. The Kier molecular flexibility index (Phi) is 7.40. The number of hydrogen-bond acceptors (Lipinski definition) is 5. The van der Waals surface area contributed by atoms with Crippen molar-refractivity contribution in [2.45, 2.75) is 58.4 Å². The van der Waals surface area contributed by atoms with Gasteiger partial charge in [0.15, 0.2) is 9.84 Å². The van der Waals surface area contributed by atoms with Gasteiger partial charge in [-0.15, -0.1) is 0 Å². The quantitative estimate of drug-likeness (QED) is 0.330. The lowest BCUT2D eigenvalue weighted by molar-refractivity contribution is 0.103. The van der Waals surface area contributed by atoms with Crippen molar-refractivity contribution >= 4 is 28.0 Å². The van der Waals surface area contributed by atoms with Gasteiger partial charge in [0.1, 0.15) is 4.99 Å². The zero-order valence-electron chi connectivity index (χ0n) is 21.2. The van der Waals surface area contributed by atoms with Gasteiger partial charge in [-0.1, -0.05) is 53.6 Å². The van der Waals surface area contributed by atoms with Crippen LogP contribution in [-0.4, -0.2) is 24.5 Å². The largest absolute Gasteiger partial charge is 0.305 e. The molecule has 0 bridgehead atoms. The molecule has 0 aromatic heterocycles. The number of hydrogen-bond donors (Lipinski definition) is 0. The second kappa shape index (κ2) is 9.67. The first-order chi connectivity index (χ1) is 16.2. The predicted molar refractivity (Wildman–Crippen MR) is 141 cm³/mol. The van der Waals surface area contributed by atoms with Crippen LogP contribution in [0.3, 0.4) is 0 Å². The van der Waals surface area contributed by atoms with Crippen molar-refractivity contribution in [3.8, 4) is 0 Å². The fraction of sp³-hybridized carbons (Fsp3) is 0.286. The van der Waals surface area contributed by atoms with Gasteiger partial charge in [0, 0.05) is 11.1 Å². The maximum absolute atomic E-state index is 14.8. The predicted octanol–water partition coefficient (Wildman–Crippen LogP) is 6.70. The molecule has 7 heteroatoms. The van der Waals surface area contributed by atoms with Crippen molar-refractivity contribution in [2.24, 2.45) is 0 Å². The molecule has 35 heavy (non-hydrogen) atoms. The van der Waals surface area contributed by atoms with Crippen LogP contribution in [-0.2, 0) is 14.4 Å². The highest BCUT2D eigenvalue weighted by Gasteiger charge is 2.52. The highest BCUT2D eigenvalue weighted by molar-refractivity contribution is 8.09. The van der Waals surface area contributed by atoms with Crippen LogP contribution in [0.4, 0.5) is 0 Å². The Morgan fingerprint density at radius 1 is 0.686 bits per heavy atom. The van der Waals surface area contributed by atoms with Gasteiger partial charge in [-0.3, -0.25) is 9.59 Å². The maximum atomic E-state index is 14.8. The minimum atomic E-state index is -4.73. The molecule has 0 aliphatic carbocycles. The first-order valence-electron chi connectivity index (χ1n) is 11.4. The molecule has 184 valence electrons. The highest BCUT2D eigenvalue weighted by Crippen LogP contribution is 2.59. The van der Waals surface area contributed by atoms with Crippen LogP contribution in [0.25, 0.3) is 0 Å². The molecule has 3 rings (SSSR count). The first-order valence-corrected chi connectivity index (χ1v) is 14.7. The minimum absolute atomic E-state index is 0.0805. The fourth-order valence-corrected chi connectivity index (χ4v) is 10.4. The average molecular weight is 511 g/mol. The highest BCUT2D eigenvalue weighted by atomic mass is 32.2. The van der Waals surface area contributed by atoms with Crippen molar-refractivity contribution in [3.05, 3.63) is 99.1 Å². The molecule has 3 aromatic carbocycles. The van der Waals surface area contributed by atoms with Gasteiger partial charge in [0.2, 0.25) is 18.2 Å². The van der Waals surface area contributed by atoms with E-state index in [9.17, 15) is 22.6 Å². The van der Waals surface area contributed by atoms with Crippen LogP contribution in [0, 0.1) is 41.5 Å². The molecular weight excluding hydrogens is 479 g/mol. The summed E-state index contributed by atoms with van der Waals surface area (Å²) in [5, 5.41) is 0. The van der Waals surface area contributed by atoms with E-state index in [1.165, 1.54) is 19.1 Å². The molecule has 0 saturated heterocycles. The molecule has 0 fully saturated rings. The summed E-state index contributed by atoms with van der Waals surface area (Å²) in [6.45, 7) is 11.8. The number of benzene rings is 3. The summed E-state index contributed by atoms with van der Waals surface area (Å²) in [6.07, 6.45) is 0. The maximum Gasteiger partial charge on any atom is 0.238 e. The van der Waals surface area contributed by atoms with Gasteiger partial charge >= 0.3 is 0 Å². The summed E-state index contributed by atoms with van der Waals surface area (Å²) in [5.74, 6) is 0. The number of sulfone groups is 1. The Morgan fingerprint density at radius 3 is 1.37 bits per heavy atom. The Labute approximate surface area is 207 Å². The standard InChI is InChI=1S/C28H31O5PS/c1-17-13-19(3)25(20(4)14-17)27(29)34(31,23(7)35(32,33)24-11-9-8-10-12-24)28(30)26-21(5)15-18(2)16-22(26)6/h8-16,23H,1-7H3. The number of aryl methyl sites for hydroxylation is 6. The van der Waals surface area contributed by atoms with E-state index < -0.39 is 33.0 Å². The summed E-state index contributed by atoms with van der Waals surface area (Å²) in [6, 6.07) is 14.6. The number of rotatable bonds is 7. The molecule has 1 atom stereocenters. The third-order valence-electron chi connectivity index (χ3n) is 6.42. The molecule has 0 aliphatic heterocycles. The third kappa shape index (κ3) is 4.70. The lowest BCUT2D eigenvalue weighted by atomic mass is 10.0. The summed E-state index contributed by atoms with van der Waals surface area (Å²) in [5.41, 5.74) is 2.51. The van der Waals surface area contributed by atoms with Crippen LogP contribution in [0.1, 0.15) is 61.0 Å². The van der Waals surface area contributed by atoms with Crippen LogP contribution >= 0.6 is 7.14 Å². The monoisotopic (exact) mass is 510 g/mol. The molecule has 3 aromatic rings. The molecule has 0 amide bonds. The van der Waals surface area contributed by atoms with Crippen molar-refractivity contribution in [1.82, 2.24) is 0 Å². The lowest BCUT2D eigenvalue weighted by Gasteiger charge is -2.25. The van der Waals surface area contributed by atoms with Gasteiger partial charge in [0.25, 0.3) is 0 Å². The van der Waals surface area contributed by atoms with E-state index in [0.717, 1.165) is 11.1 Å². The van der Waals surface area contributed by atoms with Gasteiger partial charge in [-0.25, -0.2) is 8.42 Å². The van der Waals surface area contributed by atoms with Crippen LogP contribution in [0.5, 0.6) is 0 Å². The molecule has 0 saturated carbocycles. The summed E-state index contributed by atoms with van der Waals surface area (Å²) in [7, 11) is -9.00. The van der Waals surface area contributed by atoms with E-state index in [0.29, 0.717) is 22.3 Å². The third-order valence-corrected chi connectivity index (χ3v) is 12.6. The second-order valence-corrected chi connectivity index (χ2v) is 14.8. The van der Waals surface area contributed by atoms with Crippen molar-refractivity contribution in [1.29, 1.82) is 0 Å². The van der Waals surface area contributed by atoms with Crippen LogP contribution < -0.4 is 0 Å².